The molecule has 2 saturated heterocycles. The lowest BCUT2D eigenvalue weighted by Gasteiger charge is -2.36. The molecule has 192 valence electrons. The molecule has 0 bridgehead atoms. The summed E-state index contributed by atoms with van der Waals surface area (Å²) in [7, 11) is 1.74. The number of ether oxygens (including phenoxy) is 1. The van der Waals surface area contributed by atoms with E-state index in [0.29, 0.717) is 19.6 Å². The lowest BCUT2D eigenvalue weighted by atomic mass is 9.84. The Bertz CT molecular complexity index is 859. The average Bonchev–Trinajstić information content (AvgIpc) is 2.95. The molecule has 3 N–H and O–H groups in total. The van der Waals surface area contributed by atoms with Crippen molar-refractivity contribution in [3.63, 3.8) is 0 Å². The number of likely N-dealkylation sites (N-methyl/N-ethyl adjacent to an activating group) is 1. The van der Waals surface area contributed by atoms with Gasteiger partial charge in [-0.1, -0.05) is 32.0 Å². The number of carbonyl (C=O) groups is 2. The number of hydrogen-bond donors (Lipinski definition) is 3. The van der Waals surface area contributed by atoms with E-state index in [1.807, 2.05) is 16.7 Å². The Morgan fingerprint density at radius 1 is 1.24 bits per heavy atom. The molecule has 2 amide bonds. The normalized spacial score (nSPS) is 28.5. The van der Waals surface area contributed by atoms with Crippen molar-refractivity contribution >= 4 is 48.4 Å². The van der Waals surface area contributed by atoms with Gasteiger partial charge in [-0.05, 0) is 49.6 Å². The SMILES string of the molecule is CNC(C)C(=O)N[C@H]1CCO[C@H]2CC(C)(C)[C@@H](CNC3CCSc4ccccc43)N2C1=O.Cl.Cl. The first kappa shape index (κ1) is 29.2. The highest BCUT2D eigenvalue weighted by molar-refractivity contribution is 7.99. The van der Waals surface area contributed by atoms with Crippen molar-refractivity contribution in [2.45, 2.75) is 75.3 Å². The number of nitrogens with zero attached hydrogens (tertiary/aromatic N) is 1. The minimum Gasteiger partial charge on any atom is -0.358 e. The standard InChI is InChI=1S/C24H36N4O3S.2ClH/c1-15(25-4)22(29)27-18-9-11-31-21-13-24(2,3)20(28(21)23(18)30)14-26-17-10-12-32-19-8-6-5-7-16(17)19;;/h5-8,15,17-18,20-21,25-26H,9-14H2,1-4H3,(H,27,29);2*1H/t15?,17?,18-,20+,21-;;/m0../s1. The molecular weight excluding hydrogens is 495 g/mol. The molecule has 3 heterocycles. The molecule has 0 saturated carbocycles. The second-order valence-corrected chi connectivity index (χ2v) is 10.9. The summed E-state index contributed by atoms with van der Waals surface area (Å²) in [6, 6.07) is 7.98. The number of benzene rings is 1. The van der Waals surface area contributed by atoms with Gasteiger partial charge in [-0.15, -0.1) is 36.6 Å². The highest BCUT2D eigenvalue weighted by Gasteiger charge is 2.51. The Kier molecular flexibility index (Phi) is 10.5. The quantitative estimate of drug-likeness (QED) is 0.522. The van der Waals surface area contributed by atoms with Crippen molar-refractivity contribution < 1.29 is 14.3 Å². The molecule has 5 atom stereocenters. The van der Waals surface area contributed by atoms with Crippen molar-refractivity contribution in [2.24, 2.45) is 5.41 Å². The van der Waals surface area contributed by atoms with Crippen LogP contribution in [0.5, 0.6) is 0 Å². The highest BCUT2D eigenvalue weighted by atomic mass is 35.5. The topological polar surface area (TPSA) is 82.7 Å². The van der Waals surface area contributed by atoms with Crippen molar-refractivity contribution in [3.05, 3.63) is 29.8 Å². The zero-order valence-corrected chi connectivity index (χ0v) is 22.8. The lowest BCUT2D eigenvalue weighted by Crippen LogP contribution is -2.56. The maximum atomic E-state index is 13.6. The fraction of sp³-hybridized carbons (Fsp3) is 0.667. The largest absolute Gasteiger partial charge is 0.358 e. The van der Waals surface area contributed by atoms with Crippen LogP contribution < -0.4 is 16.0 Å². The minimum atomic E-state index is -0.550. The molecule has 1 aromatic rings. The molecule has 7 nitrogen and oxygen atoms in total. The first-order valence-corrected chi connectivity index (χ1v) is 12.7. The number of amides is 2. The highest BCUT2D eigenvalue weighted by Crippen LogP contribution is 2.43. The van der Waals surface area contributed by atoms with Crippen molar-refractivity contribution in [3.8, 4) is 0 Å². The van der Waals surface area contributed by atoms with Gasteiger partial charge in [0.2, 0.25) is 11.8 Å². The Balaban J connectivity index is 0.00000204. The predicted octanol–water partition coefficient (Wildman–Crippen LogP) is 3.12. The average molecular weight is 534 g/mol. The summed E-state index contributed by atoms with van der Waals surface area (Å²) < 4.78 is 6.12. The van der Waals surface area contributed by atoms with Gasteiger partial charge in [-0.2, -0.15) is 0 Å². The number of carbonyl (C=O) groups excluding carboxylic acids is 2. The van der Waals surface area contributed by atoms with Crippen LogP contribution in [-0.2, 0) is 14.3 Å². The van der Waals surface area contributed by atoms with Gasteiger partial charge in [0, 0.05) is 23.9 Å². The Morgan fingerprint density at radius 3 is 2.71 bits per heavy atom. The van der Waals surface area contributed by atoms with Crippen molar-refractivity contribution in [1.82, 2.24) is 20.9 Å². The third kappa shape index (κ3) is 6.02. The number of thioether (sulfide) groups is 1. The van der Waals surface area contributed by atoms with Crippen LogP contribution in [0.2, 0.25) is 0 Å². The summed E-state index contributed by atoms with van der Waals surface area (Å²) in [5.74, 6) is 0.907. The third-order valence-corrected chi connectivity index (χ3v) is 8.30. The molecule has 4 rings (SSSR count). The molecule has 0 spiro atoms. The first-order valence-electron chi connectivity index (χ1n) is 11.7. The minimum absolute atomic E-state index is 0. The van der Waals surface area contributed by atoms with Crippen LogP contribution in [0.3, 0.4) is 0 Å². The molecule has 3 aliphatic rings. The van der Waals surface area contributed by atoms with Gasteiger partial charge in [-0.25, -0.2) is 0 Å². The summed E-state index contributed by atoms with van der Waals surface area (Å²) in [4.78, 5) is 29.3. The van der Waals surface area contributed by atoms with Crippen LogP contribution in [0.4, 0.5) is 0 Å². The summed E-state index contributed by atoms with van der Waals surface area (Å²) in [5.41, 5.74) is 1.26. The molecule has 0 radical (unpaired) electrons. The van der Waals surface area contributed by atoms with Gasteiger partial charge in [0.1, 0.15) is 12.3 Å². The number of rotatable bonds is 6. The van der Waals surface area contributed by atoms with E-state index in [1.165, 1.54) is 10.5 Å². The van der Waals surface area contributed by atoms with Gasteiger partial charge < -0.3 is 25.6 Å². The van der Waals surface area contributed by atoms with Gasteiger partial charge in [0.05, 0.1) is 18.7 Å². The lowest BCUT2D eigenvalue weighted by molar-refractivity contribution is -0.144. The van der Waals surface area contributed by atoms with Crippen molar-refractivity contribution in [1.29, 1.82) is 0 Å². The molecule has 3 aliphatic heterocycles. The first-order chi connectivity index (χ1) is 15.3. The van der Waals surface area contributed by atoms with Gasteiger partial charge in [0.15, 0.2) is 0 Å². The fourth-order valence-electron chi connectivity index (χ4n) is 5.07. The van der Waals surface area contributed by atoms with E-state index in [0.717, 1.165) is 18.6 Å². The van der Waals surface area contributed by atoms with E-state index >= 15 is 0 Å². The molecular formula is C24H38Cl2N4O3S. The van der Waals surface area contributed by atoms with E-state index < -0.39 is 6.04 Å². The molecule has 0 aromatic heterocycles. The number of hydrogen-bond acceptors (Lipinski definition) is 6. The van der Waals surface area contributed by atoms with Crippen LogP contribution in [0, 0.1) is 5.41 Å². The second kappa shape index (κ2) is 12.3. The fourth-order valence-corrected chi connectivity index (χ4v) is 6.19. The number of nitrogens with one attached hydrogen (secondary N) is 3. The van der Waals surface area contributed by atoms with Crippen LogP contribution in [0.15, 0.2) is 29.2 Å². The van der Waals surface area contributed by atoms with E-state index in [1.54, 1.807) is 14.0 Å². The number of halogens is 2. The van der Waals surface area contributed by atoms with E-state index in [2.05, 4.69) is 54.1 Å². The van der Waals surface area contributed by atoms with E-state index in [4.69, 9.17) is 4.74 Å². The van der Waals surface area contributed by atoms with Gasteiger partial charge in [0.25, 0.3) is 0 Å². The molecule has 0 aliphatic carbocycles. The summed E-state index contributed by atoms with van der Waals surface area (Å²) in [6.45, 7) is 7.39. The van der Waals surface area contributed by atoms with Crippen LogP contribution in [0.25, 0.3) is 0 Å². The molecule has 1 aromatic carbocycles. The Labute approximate surface area is 219 Å². The van der Waals surface area contributed by atoms with Crippen LogP contribution in [-0.4, -0.2) is 67.0 Å². The Morgan fingerprint density at radius 2 is 1.97 bits per heavy atom. The smallest absolute Gasteiger partial charge is 0.247 e. The zero-order chi connectivity index (χ0) is 22.9. The summed E-state index contributed by atoms with van der Waals surface area (Å²) in [5, 5.41) is 9.65. The maximum Gasteiger partial charge on any atom is 0.247 e. The molecule has 2 unspecified atom stereocenters. The molecule has 2 fully saturated rings. The maximum absolute atomic E-state index is 13.6. The monoisotopic (exact) mass is 532 g/mol. The Hall–Kier alpha value is -1.03. The van der Waals surface area contributed by atoms with Gasteiger partial charge >= 0.3 is 0 Å². The molecule has 10 heteroatoms. The van der Waals surface area contributed by atoms with E-state index in [-0.39, 0.29) is 66.4 Å². The van der Waals surface area contributed by atoms with Crippen LogP contribution in [0.1, 0.15) is 51.6 Å². The molecule has 34 heavy (non-hydrogen) atoms. The zero-order valence-electron chi connectivity index (χ0n) is 20.3. The number of fused-ring (bicyclic) bond motifs is 2. The van der Waals surface area contributed by atoms with E-state index in [9.17, 15) is 9.59 Å². The third-order valence-electron chi connectivity index (χ3n) is 7.18. The predicted molar refractivity (Wildman–Crippen MR) is 141 cm³/mol. The second-order valence-electron chi connectivity index (χ2n) is 9.78. The van der Waals surface area contributed by atoms with Crippen molar-refractivity contribution in [2.75, 3.05) is 26.0 Å². The summed E-state index contributed by atoms with van der Waals surface area (Å²) >= 11 is 1.91. The van der Waals surface area contributed by atoms with Gasteiger partial charge in [-0.3, -0.25) is 9.59 Å². The van der Waals surface area contributed by atoms with Crippen LogP contribution >= 0.6 is 36.6 Å². The summed E-state index contributed by atoms with van der Waals surface area (Å²) in [6.07, 6.45) is 2.14.